The monoisotopic (exact) mass is 458 g/mol. The third-order valence-electron chi connectivity index (χ3n) is 6.57. The number of allylic oxidation sites excluding steroid dienone is 1. The Morgan fingerprint density at radius 3 is 2.62 bits per heavy atom. The van der Waals surface area contributed by atoms with Crippen LogP contribution in [0.25, 0.3) is 0 Å². The van der Waals surface area contributed by atoms with E-state index in [4.69, 9.17) is 0 Å². The van der Waals surface area contributed by atoms with Gasteiger partial charge in [0.15, 0.2) is 0 Å². The van der Waals surface area contributed by atoms with E-state index in [-0.39, 0.29) is 17.2 Å². The first-order valence-electron chi connectivity index (χ1n) is 11.9. The lowest BCUT2D eigenvalue weighted by Crippen LogP contribution is -2.47. The number of rotatable bonds is 10. The Morgan fingerprint density at radius 1 is 1.12 bits per heavy atom. The maximum Gasteiger partial charge on any atom is 0.319 e. The molecule has 1 N–H and O–H groups in total. The second-order valence-electron chi connectivity index (χ2n) is 10.2. The fraction of sp³-hybridized carbons (Fsp3) is 0.429. The molecule has 1 aliphatic heterocycles. The Kier molecular flexibility index (Phi) is 7.01. The molecule has 1 saturated carbocycles. The van der Waals surface area contributed by atoms with Gasteiger partial charge in [0.25, 0.3) is 0 Å². The zero-order chi connectivity index (χ0) is 24.3. The number of benzene rings is 2. The second kappa shape index (κ2) is 9.96. The van der Waals surface area contributed by atoms with Gasteiger partial charge in [-0.15, -0.1) is 0 Å². The number of carbonyl (C=O) groups excluding carboxylic acids is 2. The molecule has 0 aromatic heterocycles. The molecule has 0 radical (unpaired) electrons. The smallest absolute Gasteiger partial charge is 0.319 e. The standard InChI is InChI=1S/C28H34N4O2/c1-20(33)14-28(2,19-32(4)27(34)31(3)17-21-8-6-5-7-9-21)18-29-15-22-10-11-24-25-13-23(25)16-30-26(24)12-22/h5-12,25,29H,13-15,17-19H2,1-4H3/t25?,28-/m1/s1. The van der Waals surface area contributed by atoms with Gasteiger partial charge in [-0.25, -0.2) is 9.79 Å². The van der Waals surface area contributed by atoms with Gasteiger partial charge in [0.1, 0.15) is 5.78 Å². The number of Topliss-reactive ketones (excluding diaryl/α,β-unsaturated/α-hetero) is 1. The van der Waals surface area contributed by atoms with Crippen LogP contribution in [0.3, 0.4) is 0 Å². The van der Waals surface area contributed by atoms with Crippen LogP contribution < -0.4 is 5.32 Å². The number of ketones is 1. The van der Waals surface area contributed by atoms with Gasteiger partial charge in [-0.1, -0.05) is 49.4 Å². The lowest BCUT2D eigenvalue weighted by Gasteiger charge is -2.35. The van der Waals surface area contributed by atoms with Crippen molar-refractivity contribution in [2.75, 3.05) is 27.2 Å². The minimum absolute atomic E-state index is 0.0568. The van der Waals surface area contributed by atoms with Crippen LogP contribution in [0.1, 0.15) is 49.3 Å². The van der Waals surface area contributed by atoms with Gasteiger partial charge >= 0.3 is 6.03 Å². The molecule has 178 valence electrons. The molecule has 1 heterocycles. The number of fused-ring (bicyclic) bond motifs is 3. The first-order valence-corrected chi connectivity index (χ1v) is 11.9. The highest BCUT2D eigenvalue weighted by atomic mass is 16.2. The molecule has 0 saturated heterocycles. The van der Waals surface area contributed by atoms with Crippen molar-refractivity contribution < 1.29 is 9.59 Å². The lowest BCUT2D eigenvalue weighted by atomic mass is 9.84. The van der Waals surface area contributed by atoms with E-state index in [1.54, 1.807) is 16.7 Å². The van der Waals surface area contributed by atoms with Crippen molar-refractivity contribution >= 4 is 23.4 Å². The van der Waals surface area contributed by atoms with Crippen LogP contribution in [0.4, 0.5) is 10.5 Å². The molecule has 1 unspecified atom stereocenters. The van der Waals surface area contributed by atoms with Crippen molar-refractivity contribution in [2.24, 2.45) is 10.4 Å². The van der Waals surface area contributed by atoms with Gasteiger partial charge in [0, 0.05) is 63.6 Å². The topological polar surface area (TPSA) is 65.0 Å². The zero-order valence-electron chi connectivity index (χ0n) is 20.6. The summed E-state index contributed by atoms with van der Waals surface area (Å²) in [5, 5.41) is 3.52. The number of carbonyl (C=O) groups is 2. The summed E-state index contributed by atoms with van der Waals surface area (Å²) in [6, 6.07) is 16.3. The van der Waals surface area contributed by atoms with E-state index in [1.807, 2.05) is 44.4 Å². The molecule has 0 bridgehead atoms. The Labute approximate surface area is 202 Å². The van der Waals surface area contributed by atoms with Crippen LogP contribution in [-0.2, 0) is 17.9 Å². The van der Waals surface area contributed by atoms with Gasteiger partial charge in [0.2, 0.25) is 0 Å². The SMILES string of the molecule is CC(=O)C[C@](C)(CNCc1ccc2c(c1)N=C=C1CC12)CN(C)C(=O)N(C)Cc1ccccc1. The summed E-state index contributed by atoms with van der Waals surface area (Å²) in [6.45, 7) is 6.02. The van der Waals surface area contributed by atoms with Gasteiger partial charge < -0.3 is 19.9 Å². The van der Waals surface area contributed by atoms with E-state index in [2.05, 4.69) is 41.3 Å². The molecule has 1 fully saturated rings. The Morgan fingerprint density at radius 2 is 1.88 bits per heavy atom. The van der Waals surface area contributed by atoms with Gasteiger partial charge in [0.05, 0.1) is 5.69 Å². The molecule has 6 nitrogen and oxygen atoms in total. The van der Waals surface area contributed by atoms with Crippen LogP contribution in [0.5, 0.6) is 0 Å². The summed E-state index contributed by atoms with van der Waals surface area (Å²) >= 11 is 0. The Hall–Kier alpha value is -3.21. The first-order chi connectivity index (χ1) is 16.2. The van der Waals surface area contributed by atoms with E-state index >= 15 is 0 Å². The molecule has 0 spiro atoms. The highest BCUT2D eigenvalue weighted by Gasteiger charge is 2.35. The van der Waals surface area contributed by atoms with Crippen molar-refractivity contribution in [3.8, 4) is 0 Å². The molecular weight excluding hydrogens is 424 g/mol. The lowest BCUT2D eigenvalue weighted by molar-refractivity contribution is -0.119. The van der Waals surface area contributed by atoms with Crippen molar-refractivity contribution in [2.45, 2.75) is 45.7 Å². The number of hydrogen-bond acceptors (Lipinski definition) is 4. The summed E-state index contributed by atoms with van der Waals surface area (Å²) in [6.07, 6.45) is 1.49. The summed E-state index contributed by atoms with van der Waals surface area (Å²) in [5.74, 6) is 3.79. The van der Waals surface area contributed by atoms with Crippen molar-refractivity contribution in [3.05, 3.63) is 70.8 Å². The summed E-state index contributed by atoms with van der Waals surface area (Å²) in [7, 11) is 3.62. The van der Waals surface area contributed by atoms with Crippen LogP contribution in [0.15, 0.2) is 59.1 Å². The summed E-state index contributed by atoms with van der Waals surface area (Å²) in [4.78, 5) is 33.0. The predicted octanol–water partition coefficient (Wildman–Crippen LogP) is 4.67. The number of aliphatic imine (C=N–C) groups is 1. The summed E-state index contributed by atoms with van der Waals surface area (Å²) < 4.78 is 0. The predicted molar refractivity (Wildman–Crippen MR) is 135 cm³/mol. The van der Waals surface area contributed by atoms with Gasteiger partial charge in [-0.2, -0.15) is 0 Å². The minimum atomic E-state index is -0.373. The third kappa shape index (κ3) is 5.82. The van der Waals surface area contributed by atoms with E-state index in [1.165, 1.54) is 11.1 Å². The highest BCUT2D eigenvalue weighted by molar-refractivity contribution is 5.78. The average Bonchev–Trinajstić information content (AvgIpc) is 3.58. The van der Waals surface area contributed by atoms with E-state index in [0.717, 1.165) is 23.2 Å². The van der Waals surface area contributed by atoms with Crippen LogP contribution in [0, 0.1) is 5.41 Å². The minimum Gasteiger partial charge on any atom is -0.327 e. The number of amides is 2. The second-order valence-corrected chi connectivity index (χ2v) is 10.2. The molecule has 1 aliphatic carbocycles. The van der Waals surface area contributed by atoms with Gasteiger partial charge in [-0.05, 0) is 42.0 Å². The zero-order valence-corrected chi connectivity index (χ0v) is 20.6. The maximum atomic E-state index is 13.0. The van der Waals surface area contributed by atoms with Gasteiger partial charge in [-0.3, -0.25) is 0 Å². The average molecular weight is 459 g/mol. The van der Waals surface area contributed by atoms with E-state index < -0.39 is 0 Å². The van der Waals surface area contributed by atoms with Crippen LogP contribution in [0.2, 0.25) is 0 Å². The fourth-order valence-electron chi connectivity index (χ4n) is 4.95. The Bertz CT molecular complexity index is 1140. The number of urea groups is 1. The molecule has 2 aromatic carbocycles. The molecule has 2 amide bonds. The molecule has 2 aromatic rings. The first kappa shape index (κ1) is 23.9. The molecular formula is C28H34N4O2. The van der Waals surface area contributed by atoms with E-state index in [0.29, 0.717) is 38.5 Å². The van der Waals surface area contributed by atoms with Crippen molar-refractivity contribution in [1.82, 2.24) is 15.1 Å². The van der Waals surface area contributed by atoms with E-state index in [9.17, 15) is 9.59 Å². The summed E-state index contributed by atoms with van der Waals surface area (Å²) in [5.41, 5.74) is 5.50. The van der Waals surface area contributed by atoms with Crippen molar-refractivity contribution in [1.29, 1.82) is 0 Å². The number of hydrogen-bond donors (Lipinski definition) is 1. The fourth-order valence-corrected chi connectivity index (χ4v) is 4.95. The molecule has 6 heteroatoms. The Balaban J connectivity index is 1.34. The highest BCUT2D eigenvalue weighted by Crippen LogP contribution is 2.50. The largest absolute Gasteiger partial charge is 0.327 e. The van der Waals surface area contributed by atoms with Crippen molar-refractivity contribution in [3.63, 3.8) is 0 Å². The molecule has 2 atom stereocenters. The normalized spacial score (nSPS) is 17.2. The molecule has 2 aliphatic rings. The molecule has 34 heavy (non-hydrogen) atoms. The quantitative estimate of drug-likeness (QED) is 0.563. The maximum absolute atomic E-state index is 13.0. The number of nitrogens with one attached hydrogen (secondary N) is 1. The van der Waals surface area contributed by atoms with Crippen LogP contribution in [-0.4, -0.2) is 54.7 Å². The van der Waals surface area contributed by atoms with Crippen LogP contribution >= 0.6 is 0 Å². The molecule has 4 rings (SSSR count). The third-order valence-corrected chi connectivity index (χ3v) is 6.57. The number of nitrogens with zero attached hydrogens (tertiary/aromatic N) is 3.